The van der Waals surface area contributed by atoms with Crippen molar-refractivity contribution < 1.29 is 14.6 Å². The van der Waals surface area contributed by atoms with Gasteiger partial charge in [0.05, 0.1) is 25.1 Å². The lowest BCUT2D eigenvalue weighted by atomic mass is 10.1. The summed E-state index contributed by atoms with van der Waals surface area (Å²) in [5.41, 5.74) is 0.415. The first-order valence-electron chi connectivity index (χ1n) is 4.51. The van der Waals surface area contributed by atoms with Gasteiger partial charge in [-0.25, -0.2) is 4.79 Å². The molecule has 0 radical (unpaired) electrons. The Kier molecular flexibility index (Phi) is 2.55. The first-order valence-corrected chi connectivity index (χ1v) is 4.51. The van der Waals surface area contributed by atoms with Gasteiger partial charge in [0.25, 0.3) is 0 Å². The van der Waals surface area contributed by atoms with Gasteiger partial charge in [0.1, 0.15) is 11.4 Å². The van der Waals surface area contributed by atoms with E-state index in [4.69, 9.17) is 9.84 Å². The second-order valence-electron chi connectivity index (χ2n) is 2.98. The lowest BCUT2D eigenvalue weighted by Gasteiger charge is -2.09. The maximum Gasteiger partial charge on any atom is 0.338 e. The fraction of sp³-hybridized carbons (Fsp3) is 0.100. The molecule has 0 aliphatic carbocycles. The SMILES string of the molecule is COc1cccc(C(=O)O)c1-n1nccn1. The van der Waals surface area contributed by atoms with E-state index in [1.165, 1.54) is 30.4 Å². The van der Waals surface area contributed by atoms with Crippen LogP contribution < -0.4 is 4.74 Å². The van der Waals surface area contributed by atoms with Gasteiger partial charge in [0, 0.05) is 0 Å². The highest BCUT2D eigenvalue weighted by Gasteiger charge is 2.17. The molecule has 6 nitrogen and oxygen atoms in total. The van der Waals surface area contributed by atoms with Gasteiger partial charge in [-0.1, -0.05) is 6.07 Å². The lowest BCUT2D eigenvalue weighted by Crippen LogP contribution is -2.09. The summed E-state index contributed by atoms with van der Waals surface area (Å²) in [6.07, 6.45) is 2.94. The fourth-order valence-electron chi connectivity index (χ4n) is 1.40. The molecule has 0 saturated carbocycles. The van der Waals surface area contributed by atoms with E-state index in [2.05, 4.69) is 10.2 Å². The van der Waals surface area contributed by atoms with Gasteiger partial charge < -0.3 is 9.84 Å². The highest BCUT2D eigenvalue weighted by atomic mass is 16.5. The minimum atomic E-state index is -1.05. The lowest BCUT2D eigenvalue weighted by molar-refractivity contribution is 0.0696. The van der Waals surface area contributed by atoms with E-state index in [1.54, 1.807) is 12.1 Å². The number of aromatic carboxylic acids is 1. The molecule has 2 rings (SSSR count). The number of aromatic nitrogens is 3. The third-order valence-electron chi connectivity index (χ3n) is 2.07. The van der Waals surface area contributed by atoms with Crippen molar-refractivity contribution in [2.75, 3.05) is 7.11 Å². The van der Waals surface area contributed by atoms with E-state index < -0.39 is 5.97 Å². The zero-order valence-corrected chi connectivity index (χ0v) is 8.49. The van der Waals surface area contributed by atoms with Crippen LogP contribution in [0, 0.1) is 0 Å². The number of hydrogen-bond donors (Lipinski definition) is 1. The van der Waals surface area contributed by atoms with Gasteiger partial charge in [-0.2, -0.15) is 10.2 Å². The molecule has 82 valence electrons. The molecule has 0 atom stereocenters. The van der Waals surface area contributed by atoms with Gasteiger partial charge >= 0.3 is 5.97 Å². The zero-order valence-electron chi connectivity index (χ0n) is 8.49. The number of carbonyl (C=O) groups is 1. The van der Waals surface area contributed by atoms with E-state index >= 15 is 0 Å². The van der Waals surface area contributed by atoms with Crippen LogP contribution in [0.4, 0.5) is 0 Å². The summed E-state index contributed by atoms with van der Waals surface area (Å²) >= 11 is 0. The molecule has 0 aliphatic rings. The number of rotatable bonds is 3. The molecular formula is C10H9N3O3. The van der Waals surface area contributed by atoms with Gasteiger partial charge in [0.2, 0.25) is 0 Å². The summed E-state index contributed by atoms with van der Waals surface area (Å²) in [6.45, 7) is 0. The van der Waals surface area contributed by atoms with E-state index in [-0.39, 0.29) is 5.56 Å². The van der Waals surface area contributed by atoms with Crippen LogP contribution in [0.15, 0.2) is 30.6 Å². The van der Waals surface area contributed by atoms with Crippen molar-refractivity contribution in [3.63, 3.8) is 0 Å². The van der Waals surface area contributed by atoms with Gasteiger partial charge in [-0.3, -0.25) is 0 Å². The molecule has 1 N–H and O–H groups in total. The molecule has 0 fully saturated rings. The predicted molar refractivity (Wildman–Crippen MR) is 54.9 cm³/mol. The fourth-order valence-corrected chi connectivity index (χ4v) is 1.40. The van der Waals surface area contributed by atoms with Crippen LogP contribution in [0.3, 0.4) is 0 Å². The third kappa shape index (κ3) is 1.60. The molecule has 16 heavy (non-hydrogen) atoms. The predicted octanol–water partition coefficient (Wildman–Crippen LogP) is 0.974. The minimum Gasteiger partial charge on any atom is -0.494 e. The van der Waals surface area contributed by atoms with E-state index in [1.807, 2.05) is 0 Å². The van der Waals surface area contributed by atoms with Crippen molar-refractivity contribution in [2.45, 2.75) is 0 Å². The van der Waals surface area contributed by atoms with Crippen molar-refractivity contribution in [2.24, 2.45) is 0 Å². The Morgan fingerprint density at radius 2 is 2.06 bits per heavy atom. The van der Waals surface area contributed by atoms with Gasteiger partial charge in [0.15, 0.2) is 0 Å². The Labute approximate surface area is 91.1 Å². The van der Waals surface area contributed by atoms with E-state index in [0.717, 1.165) is 0 Å². The topological polar surface area (TPSA) is 77.2 Å². The first-order chi connectivity index (χ1) is 7.74. The van der Waals surface area contributed by atoms with Crippen LogP contribution in [0.2, 0.25) is 0 Å². The summed E-state index contributed by atoms with van der Waals surface area (Å²) < 4.78 is 5.10. The van der Waals surface area contributed by atoms with Crippen LogP contribution in [-0.2, 0) is 0 Å². The van der Waals surface area contributed by atoms with Crippen molar-refractivity contribution in [3.8, 4) is 11.4 Å². The smallest absolute Gasteiger partial charge is 0.338 e. The second kappa shape index (κ2) is 4.01. The number of hydrogen-bond acceptors (Lipinski definition) is 4. The molecule has 6 heteroatoms. The molecule has 0 saturated heterocycles. The monoisotopic (exact) mass is 219 g/mol. The second-order valence-corrected chi connectivity index (χ2v) is 2.98. The molecular weight excluding hydrogens is 210 g/mol. The van der Waals surface area contributed by atoms with Crippen molar-refractivity contribution in [1.82, 2.24) is 15.0 Å². The summed E-state index contributed by atoms with van der Waals surface area (Å²) in [4.78, 5) is 12.3. The summed E-state index contributed by atoms with van der Waals surface area (Å²) in [7, 11) is 1.47. The summed E-state index contributed by atoms with van der Waals surface area (Å²) in [5, 5.41) is 16.9. The molecule has 0 aliphatic heterocycles. The molecule has 1 heterocycles. The van der Waals surface area contributed by atoms with Gasteiger partial charge in [-0.15, -0.1) is 4.80 Å². The van der Waals surface area contributed by atoms with Crippen molar-refractivity contribution >= 4 is 5.97 Å². The third-order valence-corrected chi connectivity index (χ3v) is 2.07. The maximum absolute atomic E-state index is 11.1. The average Bonchev–Trinajstić information content (AvgIpc) is 2.81. The first kappa shape index (κ1) is 10.2. The Bertz CT molecular complexity index is 508. The number of nitrogens with zero attached hydrogens (tertiary/aromatic N) is 3. The molecule has 1 aromatic heterocycles. The Hall–Kier alpha value is -2.37. The highest BCUT2D eigenvalue weighted by Crippen LogP contribution is 2.25. The van der Waals surface area contributed by atoms with Crippen LogP contribution in [-0.4, -0.2) is 33.2 Å². The molecule has 1 aromatic carbocycles. The number of carboxylic acids is 1. The van der Waals surface area contributed by atoms with Crippen LogP contribution >= 0.6 is 0 Å². The number of benzene rings is 1. The Balaban J connectivity index is 2.68. The van der Waals surface area contributed by atoms with Crippen LogP contribution in [0.5, 0.6) is 5.75 Å². The number of carboxylic acid groups (broad SMARTS) is 1. The minimum absolute atomic E-state index is 0.0931. The molecule has 0 unspecified atom stereocenters. The quantitative estimate of drug-likeness (QED) is 0.832. The standard InChI is InChI=1S/C10H9N3O3/c1-16-8-4-2-3-7(10(14)15)9(8)13-11-5-6-12-13/h2-6H,1H3,(H,14,15). The van der Waals surface area contributed by atoms with Crippen LogP contribution in [0.1, 0.15) is 10.4 Å². The van der Waals surface area contributed by atoms with Crippen LogP contribution in [0.25, 0.3) is 5.69 Å². The zero-order chi connectivity index (χ0) is 11.5. The van der Waals surface area contributed by atoms with E-state index in [9.17, 15) is 4.79 Å². The highest BCUT2D eigenvalue weighted by molar-refractivity contribution is 5.93. The molecule has 0 spiro atoms. The normalized spacial score (nSPS) is 10.1. The van der Waals surface area contributed by atoms with Gasteiger partial charge in [-0.05, 0) is 12.1 Å². The maximum atomic E-state index is 11.1. The van der Waals surface area contributed by atoms with E-state index in [0.29, 0.717) is 11.4 Å². The summed E-state index contributed by atoms with van der Waals surface area (Å²) in [6, 6.07) is 4.74. The van der Waals surface area contributed by atoms with Crippen molar-refractivity contribution in [3.05, 3.63) is 36.2 Å². The Morgan fingerprint density at radius 1 is 1.38 bits per heavy atom. The molecule has 0 bridgehead atoms. The largest absolute Gasteiger partial charge is 0.494 e. The summed E-state index contributed by atoms with van der Waals surface area (Å²) in [5.74, 6) is -0.637. The molecule has 2 aromatic rings. The van der Waals surface area contributed by atoms with Crippen molar-refractivity contribution in [1.29, 1.82) is 0 Å². The average molecular weight is 219 g/mol. The Morgan fingerprint density at radius 3 is 2.62 bits per heavy atom. The number of methoxy groups -OCH3 is 1. The number of ether oxygens (including phenoxy) is 1. The number of para-hydroxylation sites is 1. The molecule has 0 amide bonds.